The lowest BCUT2D eigenvalue weighted by molar-refractivity contribution is 0.466. The van der Waals surface area contributed by atoms with E-state index in [2.05, 4.69) is 25.9 Å². The molecular formula is C14H9BrN2O. The van der Waals surface area contributed by atoms with Crippen molar-refractivity contribution in [1.82, 2.24) is 9.97 Å². The average molecular weight is 301 g/mol. The van der Waals surface area contributed by atoms with Gasteiger partial charge < -0.3 is 4.74 Å². The number of hydrogen-bond acceptors (Lipinski definition) is 3. The van der Waals surface area contributed by atoms with Crippen molar-refractivity contribution in [3.8, 4) is 11.6 Å². The fraction of sp³-hybridized carbons (Fsp3) is 0. The first-order chi connectivity index (χ1) is 8.83. The van der Waals surface area contributed by atoms with Crippen LogP contribution in [0.4, 0.5) is 0 Å². The Kier molecular flexibility index (Phi) is 2.94. The molecule has 0 fully saturated rings. The molecule has 0 saturated carbocycles. The van der Waals surface area contributed by atoms with Crippen molar-refractivity contribution in [2.75, 3.05) is 0 Å². The van der Waals surface area contributed by atoms with Crippen molar-refractivity contribution in [2.24, 2.45) is 0 Å². The maximum Gasteiger partial charge on any atom is 0.227 e. The molecule has 0 atom stereocenters. The molecule has 18 heavy (non-hydrogen) atoms. The van der Waals surface area contributed by atoms with Crippen molar-refractivity contribution in [3.05, 3.63) is 59.5 Å². The van der Waals surface area contributed by atoms with Crippen LogP contribution < -0.4 is 4.74 Å². The van der Waals surface area contributed by atoms with E-state index in [-0.39, 0.29) is 0 Å². The lowest BCUT2D eigenvalue weighted by atomic mass is 10.2. The number of aromatic nitrogens is 2. The summed E-state index contributed by atoms with van der Waals surface area (Å²) in [6, 6.07) is 11.8. The molecule has 2 heterocycles. The molecule has 1 aromatic carbocycles. The number of benzene rings is 1. The van der Waals surface area contributed by atoms with Crippen molar-refractivity contribution in [2.45, 2.75) is 0 Å². The summed E-state index contributed by atoms with van der Waals surface area (Å²) < 4.78 is 6.64. The van der Waals surface area contributed by atoms with Gasteiger partial charge in [-0.2, -0.15) is 0 Å². The Morgan fingerprint density at radius 1 is 1.06 bits per heavy atom. The van der Waals surface area contributed by atoms with Gasteiger partial charge in [0.25, 0.3) is 0 Å². The van der Waals surface area contributed by atoms with Crippen LogP contribution in [-0.2, 0) is 0 Å². The number of fused-ring (bicyclic) bond motifs is 1. The maximum atomic E-state index is 5.77. The van der Waals surface area contributed by atoms with E-state index in [0.717, 1.165) is 15.2 Å². The van der Waals surface area contributed by atoms with Crippen LogP contribution in [0.25, 0.3) is 10.8 Å². The van der Waals surface area contributed by atoms with E-state index < -0.39 is 0 Å². The highest BCUT2D eigenvalue weighted by molar-refractivity contribution is 9.10. The Balaban J connectivity index is 2.05. The summed E-state index contributed by atoms with van der Waals surface area (Å²) in [6.45, 7) is 0. The normalized spacial score (nSPS) is 10.5. The van der Waals surface area contributed by atoms with Crippen molar-refractivity contribution >= 4 is 26.7 Å². The molecule has 4 heteroatoms. The predicted molar refractivity (Wildman–Crippen MR) is 73.8 cm³/mol. The second-order valence-corrected chi connectivity index (χ2v) is 4.69. The molecule has 0 unspecified atom stereocenters. The minimum Gasteiger partial charge on any atom is -0.437 e. The van der Waals surface area contributed by atoms with Gasteiger partial charge in [0.15, 0.2) is 0 Å². The van der Waals surface area contributed by atoms with E-state index >= 15 is 0 Å². The number of rotatable bonds is 2. The standard InChI is InChI=1S/C14H9BrN2O/c15-11-7-12(9-16-8-11)18-14-13-4-2-1-3-10(13)5-6-17-14/h1-9H. The highest BCUT2D eigenvalue weighted by Gasteiger charge is 2.04. The van der Waals surface area contributed by atoms with Gasteiger partial charge in [-0.3, -0.25) is 4.98 Å². The number of hydrogen-bond donors (Lipinski definition) is 0. The first-order valence-electron chi connectivity index (χ1n) is 5.45. The molecule has 3 aromatic rings. The Hall–Kier alpha value is -1.94. The van der Waals surface area contributed by atoms with E-state index in [9.17, 15) is 0 Å². The summed E-state index contributed by atoms with van der Waals surface area (Å²) in [4.78, 5) is 8.33. The quantitative estimate of drug-likeness (QED) is 0.712. The predicted octanol–water partition coefficient (Wildman–Crippen LogP) is 4.18. The van der Waals surface area contributed by atoms with Gasteiger partial charge in [0.05, 0.1) is 6.20 Å². The molecule has 0 amide bonds. The molecular weight excluding hydrogens is 292 g/mol. The fourth-order valence-corrected chi connectivity index (χ4v) is 2.08. The molecule has 0 saturated heterocycles. The van der Waals surface area contributed by atoms with Gasteiger partial charge in [-0.15, -0.1) is 0 Å². The summed E-state index contributed by atoms with van der Waals surface area (Å²) in [5.41, 5.74) is 0. The van der Waals surface area contributed by atoms with Gasteiger partial charge in [0.1, 0.15) is 5.75 Å². The van der Waals surface area contributed by atoms with Gasteiger partial charge >= 0.3 is 0 Å². The van der Waals surface area contributed by atoms with Crippen molar-refractivity contribution in [3.63, 3.8) is 0 Å². The molecule has 0 spiro atoms. The SMILES string of the molecule is Brc1cncc(Oc2nccc3ccccc23)c1. The van der Waals surface area contributed by atoms with Crippen LogP contribution in [0.15, 0.2) is 59.5 Å². The second kappa shape index (κ2) is 4.74. The minimum atomic E-state index is 0.591. The monoisotopic (exact) mass is 300 g/mol. The molecule has 2 aromatic heterocycles. The summed E-state index contributed by atoms with van der Waals surface area (Å²) >= 11 is 3.36. The highest BCUT2D eigenvalue weighted by Crippen LogP contribution is 2.28. The molecule has 0 aliphatic heterocycles. The third kappa shape index (κ3) is 2.19. The number of ether oxygens (including phenoxy) is 1. The summed E-state index contributed by atoms with van der Waals surface area (Å²) in [5.74, 6) is 1.25. The van der Waals surface area contributed by atoms with Crippen LogP contribution >= 0.6 is 15.9 Å². The minimum absolute atomic E-state index is 0.591. The van der Waals surface area contributed by atoms with Crippen molar-refractivity contribution < 1.29 is 4.74 Å². The zero-order valence-electron chi connectivity index (χ0n) is 9.38. The second-order valence-electron chi connectivity index (χ2n) is 3.78. The Morgan fingerprint density at radius 2 is 1.94 bits per heavy atom. The average Bonchev–Trinajstić information content (AvgIpc) is 2.39. The Labute approximate surface area is 113 Å². The molecule has 0 N–H and O–H groups in total. The maximum absolute atomic E-state index is 5.77. The molecule has 0 radical (unpaired) electrons. The summed E-state index contributed by atoms with van der Waals surface area (Å²) in [6.07, 6.45) is 5.11. The number of nitrogens with zero attached hydrogens (tertiary/aromatic N) is 2. The molecule has 0 bridgehead atoms. The van der Waals surface area contributed by atoms with E-state index in [0.29, 0.717) is 11.6 Å². The summed E-state index contributed by atoms with van der Waals surface area (Å²) in [7, 11) is 0. The first-order valence-corrected chi connectivity index (χ1v) is 6.24. The summed E-state index contributed by atoms with van der Waals surface area (Å²) in [5, 5.41) is 2.09. The van der Waals surface area contributed by atoms with Crippen molar-refractivity contribution in [1.29, 1.82) is 0 Å². The van der Waals surface area contributed by atoms with Crippen LogP contribution in [-0.4, -0.2) is 9.97 Å². The zero-order chi connectivity index (χ0) is 12.4. The van der Waals surface area contributed by atoms with E-state index in [4.69, 9.17) is 4.74 Å². The highest BCUT2D eigenvalue weighted by atomic mass is 79.9. The Bertz CT molecular complexity index is 695. The fourth-order valence-electron chi connectivity index (χ4n) is 1.73. The molecule has 3 nitrogen and oxygen atoms in total. The molecule has 3 rings (SSSR count). The van der Waals surface area contributed by atoms with Crippen LogP contribution in [0, 0.1) is 0 Å². The van der Waals surface area contributed by atoms with Gasteiger partial charge in [-0.25, -0.2) is 4.98 Å². The lowest BCUT2D eigenvalue weighted by Crippen LogP contribution is -1.89. The smallest absolute Gasteiger partial charge is 0.227 e. The van der Waals surface area contributed by atoms with Crippen LogP contribution in [0.3, 0.4) is 0 Å². The lowest BCUT2D eigenvalue weighted by Gasteiger charge is -2.07. The van der Waals surface area contributed by atoms with Gasteiger partial charge in [0, 0.05) is 22.3 Å². The molecule has 0 aliphatic rings. The van der Waals surface area contributed by atoms with E-state index in [1.807, 2.05) is 36.4 Å². The third-order valence-electron chi connectivity index (χ3n) is 2.53. The van der Waals surface area contributed by atoms with Gasteiger partial charge in [-0.1, -0.05) is 18.2 Å². The number of pyridine rings is 2. The largest absolute Gasteiger partial charge is 0.437 e. The third-order valence-corrected chi connectivity index (χ3v) is 2.97. The van der Waals surface area contributed by atoms with Crippen LogP contribution in [0.5, 0.6) is 11.6 Å². The molecule has 88 valence electrons. The first kappa shape index (κ1) is 11.2. The Morgan fingerprint density at radius 3 is 2.83 bits per heavy atom. The van der Waals surface area contributed by atoms with E-state index in [1.165, 1.54) is 0 Å². The number of halogens is 1. The van der Waals surface area contributed by atoms with E-state index in [1.54, 1.807) is 18.6 Å². The van der Waals surface area contributed by atoms with Crippen LogP contribution in [0.2, 0.25) is 0 Å². The van der Waals surface area contributed by atoms with Gasteiger partial charge in [0.2, 0.25) is 5.88 Å². The van der Waals surface area contributed by atoms with Crippen LogP contribution in [0.1, 0.15) is 0 Å². The zero-order valence-corrected chi connectivity index (χ0v) is 11.0. The molecule has 0 aliphatic carbocycles. The topological polar surface area (TPSA) is 35.0 Å². The van der Waals surface area contributed by atoms with Gasteiger partial charge in [-0.05, 0) is 39.5 Å².